The maximum Gasteiger partial charge on any atom is 0.471 e. The molecule has 2 nitrogen and oxygen atoms in total. The molecular formula is C15H17BrF3NO. The smallest absolute Gasteiger partial charge is 0.304 e. The molecule has 0 aliphatic carbocycles. The molecule has 0 saturated heterocycles. The second-order valence-corrected chi connectivity index (χ2v) is 8.06. The predicted molar refractivity (Wildman–Crippen MR) is 79.9 cm³/mol. The van der Waals surface area contributed by atoms with E-state index < -0.39 is 12.1 Å². The van der Waals surface area contributed by atoms with Gasteiger partial charge in [-0.1, -0.05) is 28.1 Å². The maximum atomic E-state index is 12.6. The van der Waals surface area contributed by atoms with E-state index in [0.717, 1.165) is 22.4 Å². The molecule has 0 radical (unpaired) electrons. The number of nitrogens with zero attached hydrogens (tertiary/aromatic N) is 1. The highest BCUT2D eigenvalue weighted by Crippen LogP contribution is 2.33. The van der Waals surface area contributed by atoms with Crippen molar-refractivity contribution in [3.05, 3.63) is 29.3 Å². The van der Waals surface area contributed by atoms with Crippen LogP contribution < -0.4 is 4.90 Å². The van der Waals surface area contributed by atoms with Crippen LogP contribution in [0.1, 0.15) is 31.4 Å². The Morgan fingerprint density at radius 1 is 1.33 bits per heavy atom. The second-order valence-electron chi connectivity index (χ2n) is 5.92. The molecule has 0 bridgehead atoms. The number of fused-ring (bicyclic) bond motifs is 1. The molecule has 0 spiro atoms. The molecule has 6 heteroatoms. The molecule has 1 aliphatic rings. The summed E-state index contributed by atoms with van der Waals surface area (Å²) in [5, 5.41) is 0. The van der Waals surface area contributed by atoms with Gasteiger partial charge in [-0.05, 0) is 50.3 Å². The number of amides is 1. The zero-order valence-electron chi connectivity index (χ0n) is 11.9. The standard InChI is InChI=1S/C15H17BrF3NO/c1-14(2,16)9-10-5-6-12-11(8-10)4-3-7-20(12)13(21)15(17,18)19/h5-6,8H,3-4,7,9H2,1-2H3. The van der Waals surface area contributed by atoms with Crippen LogP contribution in [0.4, 0.5) is 18.9 Å². The number of halogens is 4. The van der Waals surface area contributed by atoms with Crippen LogP contribution in [-0.2, 0) is 17.6 Å². The van der Waals surface area contributed by atoms with Gasteiger partial charge in [0.25, 0.3) is 0 Å². The van der Waals surface area contributed by atoms with Gasteiger partial charge in [-0.15, -0.1) is 0 Å². The van der Waals surface area contributed by atoms with Gasteiger partial charge in [-0.25, -0.2) is 0 Å². The van der Waals surface area contributed by atoms with E-state index in [1.165, 1.54) is 0 Å². The van der Waals surface area contributed by atoms with Gasteiger partial charge in [0.1, 0.15) is 0 Å². The first-order valence-corrected chi connectivity index (χ1v) is 7.57. The van der Waals surface area contributed by atoms with Crippen molar-refractivity contribution in [2.75, 3.05) is 11.4 Å². The lowest BCUT2D eigenvalue weighted by Gasteiger charge is -2.30. The molecule has 116 valence electrons. The van der Waals surface area contributed by atoms with E-state index in [1.807, 2.05) is 19.9 Å². The lowest BCUT2D eigenvalue weighted by atomic mass is 9.95. The van der Waals surface area contributed by atoms with Crippen LogP contribution in [0.25, 0.3) is 0 Å². The molecule has 1 aromatic carbocycles. The highest BCUT2D eigenvalue weighted by Gasteiger charge is 2.44. The summed E-state index contributed by atoms with van der Waals surface area (Å²) >= 11 is 3.56. The molecule has 0 saturated carbocycles. The van der Waals surface area contributed by atoms with E-state index in [-0.39, 0.29) is 10.9 Å². The van der Waals surface area contributed by atoms with Crippen LogP contribution in [0.15, 0.2) is 18.2 Å². The summed E-state index contributed by atoms with van der Waals surface area (Å²) in [4.78, 5) is 12.3. The summed E-state index contributed by atoms with van der Waals surface area (Å²) in [6, 6.07) is 5.34. The Bertz CT molecular complexity index is 549. The summed E-state index contributed by atoms with van der Waals surface area (Å²) < 4.78 is 37.8. The van der Waals surface area contributed by atoms with Gasteiger partial charge in [-0.3, -0.25) is 4.79 Å². The minimum absolute atomic E-state index is 0.0720. The Balaban J connectivity index is 2.31. The SMILES string of the molecule is CC(C)(Br)Cc1ccc2c(c1)CCCN2C(=O)C(F)(F)F. The number of carbonyl (C=O) groups is 1. The highest BCUT2D eigenvalue weighted by molar-refractivity contribution is 9.10. The Morgan fingerprint density at radius 3 is 2.57 bits per heavy atom. The summed E-state index contributed by atoms with van der Waals surface area (Å²) in [5.41, 5.74) is 2.25. The third-order valence-corrected chi connectivity index (χ3v) is 3.66. The van der Waals surface area contributed by atoms with Crippen LogP contribution in [0.3, 0.4) is 0 Å². The van der Waals surface area contributed by atoms with Gasteiger partial charge in [0.15, 0.2) is 0 Å². The van der Waals surface area contributed by atoms with Gasteiger partial charge >= 0.3 is 12.1 Å². The van der Waals surface area contributed by atoms with Crippen molar-refractivity contribution >= 4 is 27.5 Å². The largest absolute Gasteiger partial charge is 0.471 e. The van der Waals surface area contributed by atoms with E-state index >= 15 is 0 Å². The van der Waals surface area contributed by atoms with E-state index in [4.69, 9.17) is 0 Å². The number of rotatable bonds is 2. The van der Waals surface area contributed by atoms with Crippen LogP contribution >= 0.6 is 15.9 Å². The van der Waals surface area contributed by atoms with E-state index in [1.54, 1.807) is 12.1 Å². The summed E-state index contributed by atoms with van der Waals surface area (Å²) in [7, 11) is 0. The quantitative estimate of drug-likeness (QED) is 0.719. The number of alkyl halides is 4. The fourth-order valence-corrected chi connectivity index (χ4v) is 2.93. The lowest BCUT2D eigenvalue weighted by Crippen LogP contribution is -2.43. The summed E-state index contributed by atoms with van der Waals surface area (Å²) in [6.45, 7) is 4.19. The van der Waals surface area contributed by atoms with Gasteiger partial charge < -0.3 is 4.90 Å². The molecule has 1 aromatic rings. The van der Waals surface area contributed by atoms with Crippen LogP contribution in [0.5, 0.6) is 0 Å². The zero-order chi connectivity index (χ0) is 15.8. The molecule has 0 atom stereocenters. The lowest BCUT2D eigenvalue weighted by molar-refractivity contribution is -0.170. The van der Waals surface area contributed by atoms with Crippen LogP contribution in [-0.4, -0.2) is 23.0 Å². The van der Waals surface area contributed by atoms with Crippen molar-refractivity contribution in [2.45, 2.75) is 43.6 Å². The molecule has 1 aliphatic heterocycles. The van der Waals surface area contributed by atoms with Crippen LogP contribution in [0.2, 0.25) is 0 Å². The molecule has 0 aromatic heterocycles. The zero-order valence-corrected chi connectivity index (χ0v) is 13.5. The molecule has 0 N–H and O–H groups in total. The number of anilines is 1. The van der Waals surface area contributed by atoms with Gasteiger partial charge in [0.2, 0.25) is 0 Å². The molecule has 21 heavy (non-hydrogen) atoms. The summed E-state index contributed by atoms with van der Waals surface area (Å²) in [5.74, 6) is -1.78. The van der Waals surface area contributed by atoms with Crippen molar-refractivity contribution in [1.29, 1.82) is 0 Å². The van der Waals surface area contributed by atoms with Gasteiger partial charge in [-0.2, -0.15) is 13.2 Å². The topological polar surface area (TPSA) is 20.3 Å². The number of aryl methyl sites for hydroxylation is 1. The normalized spacial score (nSPS) is 15.8. The Morgan fingerprint density at radius 2 is 2.00 bits per heavy atom. The predicted octanol–water partition coefficient (Wildman–Crippen LogP) is 4.24. The van der Waals surface area contributed by atoms with Crippen molar-refractivity contribution < 1.29 is 18.0 Å². The molecule has 2 rings (SSSR count). The fourth-order valence-electron chi connectivity index (χ4n) is 2.61. The molecule has 0 unspecified atom stereocenters. The minimum atomic E-state index is -4.83. The number of benzene rings is 1. The first-order chi connectivity index (χ1) is 9.58. The van der Waals surface area contributed by atoms with Crippen molar-refractivity contribution in [3.8, 4) is 0 Å². The average Bonchev–Trinajstić information content (AvgIpc) is 2.33. The fraction of sp³-hybridized carbons (Fsp3) is 0.533. The highest BCUT2D eigenvalue weighted by atomic mass is 79.9. The van der Waals surface area contributed by atoms with Crippen LogP contribution in [0, 0.1) is 0 Å². The maximum absolute atomic E-state index is 12.6. The number of hydrogen-bond donors (Lipinski definition) is 0. The third kappa shape index (κ3) is 3.99. The molecule has 1 heterocycles. The van der Waals surface area contributed by atoms with E-state index in [9.17, 15) is 18.0 Å². The first kappa shape index (κ1) is 16.3. The van der Waals surface area contributed by atoms with Crippen molar-refractivity contribution in [2.24, 2.45) is 0 Å². The number of carbonyl (C=O) groups excluding carboxylic acids is 1. The van der Waals surface area contributed by atoms with Crippen molar-refractivity contribution in [1.82, 2.24) is 0 Å². The third-order valence-electron chi connectivity index (χ3n) is 3.37. The first-order valence-electron chi connectivity index (χ1n) is 6.77. The molecular weight excluding hydrogens is 347 g/mol. The van der Waals surface area contributed by atoms with Gasteiger partial charge in [0.05, 0.1) is 0 Å². The Kier molecular flexibility index (Phi) is 4.38. The summed E-state index contributed by atoms with van der Waals surface area (Å²) in [6.07, 6.45) is -2.80. The number of hydrogen-bond acceptors (Lipinski definition) is 1. The average molecular weight is 364 g/mol. The minimum Gasteiger partial charge on any atom is -0.304 e. The molecule has 0 fully saturated rings. The van der Waals surface area contributed by atoms with E-state index in [2.05, 4.69) is 15.9 Å². The van der Waals surface area contributed by atoms with Gasteiger partial charge in [0, 0.05) is 16.6 Å². The Hall–Kier alpha value is -1.04. The molecule has 1 amide bonds. The van der Waals surface area contributed by atoms with E-state index in [0.29, 0.717) is 18.5 Å². The second kappa shape index (κ2) is 5.63. The van der Waals surface area contributed by atoms with Crippen molar-refractivity contribution in [3.63, 3.8) is 0 Å². The monoisotopic (exact) mass is 363 g/mol. The Labute approximate surface area is 130 Å².